The van der Waals surface area contributed by atoms with Crippen molar-refractivity contribution in [1.29, 1.82) is 0 Å². The molecule has 0 bridgehead atoms. The normalized spacial score (nSPS) is 28.1. The summed E-state index contributed by atoms with van der Waals surface area (Å²) in [5.74, 6) is 0.742. The predicted octanol–water partition coefficient (Wildman–Crippen LogP) is 1.03. The molecule has 2 aliphatic heterocycles. The second-order valence-corrected chi connectivity index (χ2v) is 6.49. The van der Waals surface area contributed by atoms with Gasteiger partial charge < -0.3 is 10.1 Å². The van der Waals surface area contributed by atoms with Gasteiger partial charge in [-0.25, -0.2) is 0 Å². The molecule has 2 saturated heterocycles. The maximum Gasteiger partial charge on any atom is 0.0594 e. The molecule has 19 heavy (non-hydrogen) atoms. The van der Waals surface area contributed by atoms with Gasteiger partial charge in [-0.2, -0.15) is 0 Å². The SMILES string of the molecule is CC(C)CNCC(C)N1CCC(N2CCOCC2)C1. The van der Waals surface area contributed by atoms with Crippen molar-refractivity contribution in [2.24, 2.45) is 5.92 Å². The fourth-order valence-corrected chi connectivity index (χ4v) is 3.12. The number of hydrogen-bond acceptors (Lipinski definition) is 4. The van der Waals surface area contributed by atoms with Crippen LogP contribution in [0.4, 0.5) is 0 Å². The fraction of sp³-hybridized carbons (Fsp3) is 1.00. The van der Waals surface area contributed by atoms with Crippen LogP contribution in [-0.4, -0.2) is 74.4 Å². The summed E-state index contributed by atoms with van der Waals surface area (Å²) in [4.78, 5) is 5.27. The molecule has 2 heterocycles. The van der Waals surface area contributed by atoms with E-state index in [1.54, 1.807) is 0 Å². The van der Waals surface area contributed by atoms with Crippen LogP contribution >= 0.6 is 0 Å². The molecule has 2 fully saturated rings. The van der Waals surface area contributed by atoms with Crippen molar-refractivity contribution in [2.45, 2.75) is 39.3 Å². The molecule has 4 heteroatoms. The van der Waals surface area contributed by atoms with Crippen LogP contribution in [0.1, 0.15) is 27.2 Å². The average molecular weight is 269 g/mol. The van der Waals surface area contributed by atoms with E-state index >= 15 is 0 Å². The molecule has 0 spiro atoms. The second kappa shape index (κ2) is 7.58. The highest BCUT2D eigenvalue weighted by molar-refractivity contribution is 4.87. The molecular formula is C15H31N3O. The van der Waals surface area contributed by atoms with Crippen molar-refractivity contribution in [2.75, 3.05) is 52.5 Å². The highest BCUT2D eigenvalue weighted by atomic mass is 16.5. The number of nitrogens with zero attached hydrogens (tertiary/aromatic N) is 2. The van der Waals surface area contributed by atoms with Crippen LogP contribution in [0.5, 0.6) is 0 Å². The second-order valence-electron chi connectivity index (χ2n) is 6.49. The lowest BCUT2D eigenvalue weighted by Gasteiger charge is -2.33. The van der Waals surface area contributed by atoms with Crippen molar-refractivity contribution in [3.63, 3.8) is 0 Å². The van der Waals surface area contributed by atoms with Crippen LogP contribution in [0.15, 0.2) is 0 Å². The van der Waals surface area contributed by atoms with Crippen molar-refractivity contribution in [3.8, 4) is 0 Å². The zero-order chi connectivity index (χ0) is 13.7. The van der Waals surface area contributed by atoms with E-state index in [0.29, 0.717) is 6.04 Å². The van der Waals surface area contributed by atoms with Gasteiger partial charge >= 0.3 is 0 Å². The third kappa shape index (κ3) is 4.71. The highest BCUT2D eigenvalue weighted by Crippen LogP contribution is 2.18. The Hall–Kier alpha value is -0.160. The van der Waals surface area contributed by atoms with Gasteiger partial charge in [0, 0.05) is 44.8 Å². The van der Waals surface area contributed by atoms with Crippen LogP contribution in [0.25, 0.3) is 0 Å². The van der Waals surface area contributed by atoms with Gasteiger partial charge in [-0.1, -0.05) is 13.8 Å². The van der Waals surface area contributed by atoms with Crippen molar-refractivity contribution >= 4 is 0 Å². The van der Waals surface area contributed by atoms with Gasteiger partial charge in [0.1, 0.15) is 0 Å². The maximum atomic E-state index is 5.44. The number of nitrogens with one attached hydrogen (secondary N) is 1. The van der Waals surface area contributed by atoms with Gasteiger partial charge in [-0.05, 0) is 25.8 Å². The van der Waals surface area contributed by atoms with Crippen LogP contribution in [0.3, 0.4) is 0 Å². The van der Waals surface area contributed by atoms with Gasteiger partial charge in [0.25, 0.3) is 0 Å². The first-order chi connectivity index (χ1) is 9.16. The standard InChI is InChI=1S/C15H31N3O/c1-13(2)10-16-11-14(3)18-5-4-15(12-18)17-6-8-19-9-7-17/h13-16H,4-12H2,1-3H3. The summed E-state index contributed by atoms with van der Waals surface area (Å²) < 4.78 is 5.44. The molecule has 0 amide bonds. The van der Waals surface area contributed by atoms with E-state index in [1.807, 2.05) is 0 Å². The summed E-state index contributed by atoms with van der Waals surface area (Å²) in [6.07, 6.45) is 1.33. The Labute approximate surface area is 118 Å². The van der Waals surface area contributed by atoms with Crippen molar-refractivity contribution in [1.82, 2.24) is 15.1 Å². The topological polar surface area (TPSA) is 27.7 Å². The summed E-state index contributed by atoms with van der Waals surface area (Å²) in [5, 5.41) is 3.58. The minimum absolute atomic E-state index is 0.657. The van der Waals surface area contributed by atoms with Crippen molar-refractivity contribution < 1.29 is 4.74 Å². The maximum absolute atomic E-state index is 5.44. The zero-order valence-electron chi connectivity index (χ0n) is 12.9. The Kier molecular flexibility index (Phi) is 6.07. The molecule has 0 aliphatic carbocycles. The monoisotopic (exact) mass is 269 g/mol. The van der Waals surface area contributed by atoms with Crippen LogP contribution in [0, 0.1) is 5.92 Å². The quantitative estimate of drug-likeness (QED) is 0.779. The lowest BCUT2D eigenvalue weighted by Crippen LogP contribution is -2.46. The third-order valence-corrected chi connectivity index (χ3v) is 4.37. The molecule has 0 radical (unpaired) electrons. The summed E-state index contributed by atoms with van der Waals surface area (Å²) in [5.41, 5.74) is 0. The minimum atomic E-state index is 0.657. The van der Waals surface area contributed by atoms with Gasteiger partial charge in [0.2, 0.25) is 0 Å². The Balaban J connectivity index is 1.68. The van der Waals surface area contributed by atoms with E-state index in [2.05, 4.69) is 35.9 Å². The molecule has 2 atom stereocenters. The number of hydrogen-bond donors (Lipinski definition) is 1. The van der Waals surface area contributed by atoms with Crippen molar-refractivity contribution in [3.05, 3.63) is 0 Å². The van der Waals surface area contributed by atoms with E-state index in [0.717, 1.165) is 51.4 Å². The van der Waals surface area contributed by atoms with Gasteiger partial charge in [-0.15, -0.1) is 0 Å². The summed E-state index contributed by atoms with van der Waals surface area (Å²) in [6.45, 7) is 15.7. The van der Waals surface area contributed by atoms with E-state index in [1.165, 1.54) is 19.5 Å². The third-order valence-electron chi connectivity index (χ3n) is 4.37. The molecule has 2 unspecified atom stereocenters. The highest BCUT2D eigenvalue weighted by Gasteiger charge is 2.30. The molecule has 2 rings (SSSR count). The number of likely N-dealkylation sites (tertiary alicyclic amines) is 1. The Morgan fingerprint density at radius 3 is 2.53 bits per heavy atom. The summed E-state index contributed by atoms with van der Waals surface area (Å²) in [7, 11) is 0. The lowest BCUT2D eigenvalue weighted by molar-refractivity contribution is 0.0178. The Bertz CT molecular complexity index is 254. The molecule has 0 aromatic rings. The molecule has 1 N–H and O–H groups in total. The van der Waals surface area contributed by atoms with Crippen LogP contribution in [0.2, 0.25) is 0 Å². The fourth-order valence-electron chi connectivity index (χ4n) is 3.12. The molecule has 0 saturated carbocycles. The first-order valence-electron chi connectivity index (χ1n) is 7.93. The molecule has 4 nitrogen and oxygen atoms in total. The molecule has 2 aliphatic rings. The Morgan fingerprint density at radius 1 is 1.11 bits per heavy atom. The number of ether oxygens (including phenoxy) is 1. The number of rotatable bonds is 6. The number of morpholine rings is 1. The van der Waals surface area contributed by atoms with E-state index in [4.69, 9.17) is 4.74 Å². The average Bonchev–Trinajstić information content (AvgIpc) is 2.89. The smallest absolute Gasteiger partial charge is 0.0594 e. The Morgan fingerprint density at radius 2 is 1.84 bits per heavy atom. The first kappa shape index (κ1) is 15.2. The van der Waals surface area contributed by atoms with Crippen LogP contribution < -0.4 is 5.32 Å². The van der Waals surface area contributed by atoms with E-state index < -0.39 is 0 Å². The van der Waals surface area contributed by atoms with Gasteiger partial charge in [-0.3, -0.25) is 9.80 Å². The lowest BCUT2D eigenvalue weighted by atomic mass is 10.2. The summed E-state index contributed by atoms with van der Waals surface area (Å²) in [6, 6.07) is 1.42. The molecule has 112 valence electrons. The van der Waals surface area contributed by atoms with Gasteiger partial charge in [0.05, 0.1) is 13.2 Å². The summed E-state index contributed by atoms with van der Waals surface area (Å²) >= 11 is 0. The van der Waals surface area contributed by atoms with Gasteiger partial charge in [0.15, 0.2) is 0 Å². The molecule has 0 aromatic heterocycles. The van der Waals surface area contributed by atoms with Crippen LogP contribution in [-0.2, 0) is 4.74 Å². The minimum Gasteiger partial charge on any atom is -0.379 e. The van der Waals surface area contributed by atoms with E-state index in [9.17, 15) is 0 Å². The van der Waals surface area contributed by atoms with E-state index in [-0.39, 0.29) is 0 Å². The first-order valence-corrected chi connectivity index (χ1v) is 7.93. The molecule has 0 aromatic carbocycles. The molecular weight excluding hydrogens is 238 g/mol. The largest absolute Gasteiger partial charge is 0.379 e. The predicted molar refractivity (Wildman–Crippen MR) is 79.5 cm³/mol. The zero-order valence-corrected chi connectivity index (χ0v) is 12.9.